The molecule has 176 valence electrons. The molecule has 0 aliphatic heterocycles. The largest absolute Gasteiger partial charge is 0.497 e. The van der Waals surface area contributed by atoms with Crippen LogP contribution in [0.25, 0.3) is 5.70 Å². The Balaban J connectivity index is 2.13. The Kier molecular flexibility index (Phi) is 7.63. The lowest BCUT2D eigenvalue weighted by molar-refractivity contribution is -0.115. The van der Waals surface area contributed by atoms with Gasteiger partial charge >= 0.3 is 0 Å². The van der Waals surface area contributed by atoms with E-state index >= 15 is 0 Å². The summed E-state index contributed by atoms with van der Waals surface area (Å²) in [5.41, 5.74) is 8.01. The minimum atomic E-state index is -1.32. The number of rotatable bonds is 9. The zero-order chi connectivity index (χ0) is 24.8. The molecule has 6 nitrogen and oxygen atoms in total. The fraction of sp³-hybridized carbons (Fsp3) is 0.154. The van der Waals surface area contributed by atoms with E-state index in [1.165, 1.54) is 20.3 Å². The van der Waals surface area contributed by atoms with Crippen molar-refractivity contribution in [1.29, 1.82) is 5.41 Å². The summed E-state index contributed by atoms with van der Waals surface area (Å²) in [6, 6.07) is 13.6. The van der Waals surface area contributed by atoms with Gasteiger partial charge in [-0.25, -0.2) is 8.78 Å². The number of methoxy groups -OCH3 is 2. The Morgan fingerprint density at radius 3 is 2.15 bits per heavy atom. The summed E-state index contributed by atoms with van der Waals surface area (Å²) in [5.74, 6) is -1.49. The van der Waals surface area contributed by atoms with Gasteiger partial charge in [-0.3, -0.25) is 4.79 Å². The molecule has 0 aliphatic rings. The molecule has 0 saturated carbocycles. The van der Waals surface area contributed by atoms with Gasteiger partial charge in [0.05, 0.1) is 25.5 Å². The molecule has 3 aromatic rings. The average Bonchev–Trinajstić information content (AvgIpc) is 2.83. The van der Waals surface area contributed by atoms with Gasteiger partial charge in [0.2, 0.25) is 0 Å². The van der Waals surface area contributed by atoms with E-state index in [1.54, 1.807) is 30.3 Å². The fourth-order valence-corrected chi connectivity index (χ4v) is 3.40. The van der Waals surface area contributed by atoms with Crippen molar-refractivity contribution in [3.63, 3.8) is 0 Å². The Hall–Kier alpha value is -4.20. The van der Waals surface area contributed by atoms with E-state index < -0.39 is 23.5 Å². The van der Waals surface area contributed by atoms with E-state index in [0.717, 1.165) is 17.8 Å². The number of nitrogens with one attached hydrogen (secondary N) is 2. The Bertz CT molecular complexity index is 1220. The van der Waals surface area contributed by atoms with Gasteiger partial charge in [-0.15, -0.1) is 0 Å². The third kappa shape index (κ3) is 5.40. The molecule has 0 bridgehead atoms. The highest BCUT2D eigenvalue weighted by Gasteiger charge is 2.28. The van der Waals surface area contributed by atoms with Gasteiger partial charge in [-0.2, -0.15) is 0 Å². The number of ether oxygens (including phenoxy) is 2. The van der Waals surface area contributed by atoms with Crippen molar-refractivity contribution in [1.82, 2.24) is 0 Å². The van der Waals surface area contributed by atoms with Crippen LogP contribution in [0.1, 0.15) is 22.7 Å². The number of anilines is 1. The lowest BCUT2D eigenvalue weighted by Gasteiger charge is -2.22. The molecule has 0 fully saturated rings. The number of hydrogen-bond acceptors (Lipinski definition) is 6. The monoisotopic (exact) mass is 465 g/mol. The molecule has 3 aromatic carbocycles. The third-order valence-electron chi connectivity index (χ3n) is 5.26. The SMILES string of the molecule is COc1cc(NC(C(=O)C(C=N)=C(N)c2ccc(C)cc2)c2ccc(F)cc2F)cc(OC)c1. The molecule has 0 spiro atoms. The van der Waals surface area contributed by atoms with Crippen molar-refractivity contribution in [2.45, 2.75) is 13.0 Å². The summed E-state index contributed by atoms with van der Waals surface area (Å²) in [6.45, 7) is 1.91. The van der Waals surface area contributed by atoms with Crippen LogP contribution in [0.5, 0.6) is 11.5 Å². The minimum Gasteiger partial charge on any atom is -0.497 e. The van der Waals surface area contributed by atoms with Gasteiger partial charge < -0.3 is 25.9 Å². The first kappa shape index (κ1) is 24.4. The zero-order valence-electron chi connectivity index (χ0n) is 19.0. The van der Waals surface area contributed by atoms with Crippen LogP contribution in [0.2, 0.25) is 0 Å². The molecule has 0 aromatic heterocycles. The van der Waals surface area contributed by atoms with Crippen LogP contribution in [0, 0.1) is 24.0 Å². The van der Waals surface area contributed by atoms with E-state index in [0.29, 0.717) is 28.8 Å². The molecular formula is C26H25F2N3O3. The smallest absolute Gasteiger partial charge is 0.193 e. The maximum atomic E-state index is 14.8. The number of ketones is 1. The second kappa shape index (κ2) is 10.6. The highest BCUT2D eigenvalue weighted by Crippen LogP contribution is 2.31. The number of carbonyl (C=O) groups is 1. The second-order valence-corrected chi connectivity index (χ2v) is 7.55. The molecule has 4 N–H and O–H groups in total. The summed E-state index contributed by atoms with van der Waals surface area (Å²) in [4.78, 5) is 13.6. The van der Waals surface area contributed by atoms with Crippen molar-refractivity contribution in [2.24, 2.45) is 5.73 Å². The Morgan fingerprint density at radius 2 is 1.62 bits per heavy atom. The van der Waals surface area contributed by atoms with Crippen LogP contribution in [-0.2, 0) is 4.79 Å². The number of hydrogen-bond donors (Lipinski definition) is 3. The van der Waals surface area contributed by atoms with Gasteiger partial charge in [0, 0.05) is 41.7 Å². The van der Waals surface area contributed by atoms with E-state index in [-0.39, 0.29) is 16.8 Å². The van der Waals surface area contributed by atoms with Crippen LogP contribution in [0.15, 0.2) is 66.2 Å². The second-order valence-electron chi connectivity index (χ2n) is 7.55. The molecule has 0 radical (unpaired) electrons. The highest BCUT2D eigenvalue weighted by atomic mass is 19.1. The molecule has 0 amide bonds. The summed E-state index contributed by atoms with van der Waals surface area (Å²) < 4.78 is 38.9. The van der Waals surface area contributed by atoms with Crippen LogP contribution in [-0.4, -0.2) is 26.2 Å². The maximum absolute atomic E-state index is 14.8. The van der Waals surface area contributed by atoms with Crippen molar-refractivity contribution in [3.8, 4) is 11.5 Å². The molecular weight excluding hydrogens is 440 g/mol. The molecule has 3 rings (SSSR count). The predicted molar refractivity (Wildman–Crippen MR) is 128 cm³/mol. The van der Waals surface area contributed by atoms with Crippen LogP contribution < -0.4 is 20.5 Å². The van der Waals surface area contributed by atoms with Gasteiger partial charge in [0.1, 0.15) is 29.2 Å². The number of halogens is 2. The van der Waals surface area contributed by atoms with E-state index in [9.17, 15) is 13.6 Å². The van der Waals surface area contributed by atoms with Gasteiger partial charge in [0.25, 0.3) is 0 Å². The lowest BCUT2D eigenvalue weighted by Crippen LogP contribution is -2.26. The number of aryl methyl sites for hydroxylation is 1. The normalized spacial score (nSPS) is 12.4. The molecule has 0 aliphatic carbocycles. The molecule has 0 heterocycles. The van der Waals surface area contributed by atoms with Gasteiger partial charge in [-0.1, -0.05) is 35.9 Å². The summed E-state index contributed by atoms with van der Waals surface area (Å²) >= 11 is 0. The number of carbonyl (C=O) groups excluding carboxylic acids is 1. The molecule has 1 atom stereocenters. The first-order valence-corrected chi connectivity index (χ1v) is 10.3. The number of nitrogens with two attached hydrogens (primary N) is 1. The zero-order valence-corrected chi connectivity index (χ0v) is 19.0. The minimum absolute atomic E-state index is 0.0672. The van der Waals surface area contributed by atoms with E-state index in [4.69, 9.17) is 20.6 Å². The van der Waals surface area contributed by atoms with Crippen LogP contribution in [0.3, 0.4) is 0 Å². The Labute approximate surface area is 196 Å². The van der Waals surface area contributed by atoms with Gasteiger partial charge in [-0.05, 0) is 18.6 Å². The number of Topliss-reactive ketones (excluding diaryl/α,β-unsaturated/α-hetero) is 1. The maximum Gasteiger partial charge on any atom is 0.193 e. The van der Waals surface area contributed by atoms with E-state index in [1.807, 2.05) is 19.1 Å². The summed E-state index contributed by atoms with van der Waals surface area (Å²) in [6.07, 6.45) is 0.833. The predicted octanol–water partition coefficient (Wildman–Crippen LogP) is 5.03. The Morgan fingerprint density at radius 1 is 1.00 bits per heavy atom. The molecule has 0 saturated heterocycles. The van der Waals surface area contributed by atoms with Gasteiger partial charge in [0.15, 0.2) is 5.78 Å². The average molecular weight is 466 g/mol. The van der Waals surface area contributed by atoms with Crippen LogP contribution in [0.4, 0.5) is 14.5 Å². The molecule has 1 unspecified atom stereocenters. The lowest BCUT2D eigenvalue weighted by atomic mass is 9.94. The van der Waals surface area contributed by atoms with Crippen molar-refractivity contribution in [2.75, 3.05) is 19.5 Å². The van der Waals surface area contributed by atoms with E-state index in [2.05, 4.69) is 5.32 Å². The third-order valence-corrected chi connectivity index (χ3v) is 5.26. The standard InChI is InChI=1S/C26H25F2N3O3/c1-15-4-6-16(7-5-15)24(30)22(14-29)26(32)25(21-9-8-17(27)10-23(21)28)31-18-11-19(33-2)13-20(12-18)34-3/h4-14,25,29,31H,30H2,1-3H3. The quantitative estimate of drug-likeness (QED) is 0.304. The topological polar surface area (TPSA) is 97.4 Å². The van der Waals surface area contributed by atoms with Crippen molar-refractivity contribution >= 4 is 23.4 Å². The summed E-state index contributed by atoms with van der Waals surface area (Å²) in [7, 11) is 2.94. The molecule has 34 heavy (non-hydrogen) atoms. The fourth-order valence-electron chi connectivity index (χ4n) is 3.40. The van der Waals surface area contributed by atoms with Crippen molar-refractivity contribution in [3.05, 3.63) is 94.6 Å². The highest BCUT2D eigenvalue weighted by molar-refractivity contribution is 6.20. The summed E-state index contributed by atoms with van der Waals surface area (Å²) in [5, 5.41) is 10.8. The molecule has 8 heteroatoms. The number of benzene rings is 3. The first-order valence-electron chi connectivity index (χ1n) is 10.3. The van der Waals surface area contributed by atoms with Crippen LogP contribution >= 0.6 is 0 Å². The van der Waals surface area contributed by atoms with Crippen molar-refractivity contribution < 1.29 is 23.0 Å². The first-order chi connectivity index (χ1) is 16.3.